The van der Waals surface area contributed by atoms with Gasteiger partial charge in [0.2, 0.25) is 0 Å². The highest BCUT2D eigenvalue weighted by atomic mass is 32.2. The molecule has 1 aliphatic heterocycles. The van der Waals surface area contributed by atoms with Crippen LogP contribution in [0.15, 0.2) is 16.1 Å². The Labute approximate surface area is 41.2 Å². The molecule has 0 fully saturated rings. The zero-order chi connectivity index (χ0) is 4.41. The maximum Gasteiger partial charge on any atom is 0.0972 e. The summed E-state index contributed by atoms with van der Waals surface area (Å²) in [7, 11) is 0. The normalized spacial score (nSPS) is 16.5. The summed E-state index contributed by atoms with van der Waals surface area (Å²) in [5.74, 6) is 0. The van der Waals surface area contributed by atoms with Crippen molar-refractivity contribution in [3.8, 4) is 0 Å². The van der Waals surface area contributed by atoms with E-state index in [2.05, 4.69) is 4.99 Å². The molecule has 0 saturated heterocycles. The molecule has 0 unspecified atom stereocenters. The van der Waals surface area contributed by atoms with Crippen molar-refractivity contribution < 1.29 is 0 Å². The average Bonchev–Trinajstić information content (AvgIpc) is 1.31. The first-order chi connectivity index (χ1) is 2.93. The van der Waals surface area contributed by atoms with Crippen molar-refractivity contribution in [2.75, 3.05) is 6.26 Å². The number of hydrogen-bond donors (Lipinski definition) is 0. The predicted octanol–water partition coefficient (Wildman–Crippen LogP) is 1.28. The number of aliphatic imine (C=N–C) groups is 1. The third-order valence-electron chi connectivity index (χ3n) is 0.628. The van der Waals surface area contributed by atoms with Crippen LogP contribution in [0, 0.1) is 0 Å². The standard InChI is InChI=1S/C4H5NS/c1-6-4-2-3-5-4/h2-3H,1H3. The largest absolute Gasteiger partial charge is 0.250 e. The third-order valence-corrected chi connectivity index (χ3v) is 1.29. The van der Waals surface area contributed by atoms with Gasteiger partial charge in [0.25, 0.3) is 0 Å². The number of allylic oxidation sites excluding steroid dienone is 1. The van der Waals surface area contributed by atoms with Crippen LogP contribution in [0.25, 0.3) is 0 Å². The van der Waals surface area contributed by atoms with Gasteiger partial charge in [-0.2, -0.15) is 0 Å². The molecule has 1 rings (SSSR count). The molecule has 32 valence electrons. The SMILES string of the molecule is CSC1=CC=N1. The molecule has 2 heteroatoms. The molecule has 0 aromatic rings. The summed E-state index contributed by atoms with van der Waals surface area (Å²) in [5.41, 5.74) is 0. The van der Waals surface area contributed by atoms with Gasteiger partial charge >= 0.3 is 0 Å². The molecular weight excluding hydrogens is 94.1 g/mol. The lowest BCUT2D eigenvalue weighted by molar-refractivity contribution is 1.50. The second-order valence-electron chi connectivity index (χ2n) is 0.987. The molecule has 1 aliphatic rings. The van der Waals surface area contributed by atoms with Gasteiger partial charge in [-0.3, -0.25) is 0 Å². The fourth-order valence-corrected chi connectivity index (χ4v) is 0.619. The lowest BCUT2D eigenvalue weighted by Crippen LogP contribution is -1.81. The Hall–Kier alpha value is -0.240. The van der Waals surface area contributed by atoms with Crippen molar-refractivity contribution in [2.24, 2.45) is 4.99 Å². The molecule has 0 aromatic heterocycles. The summed E-state index contributed by atoms with van der Waals surface area (Å²) in [4.78, 5) is 3.89. The molecule has 0 spiro atoms. The number of hydrogen-bond acceptors (Lipinski definition) is 2. The van der Waals surface area contributed by atoms with E-state index in [1.807, 2.05) is 12.3 Å². The molecule has 1 heterocycles. The van der Waals surface area contributed by atoms with Gasteiger partial charge in [-0.15, -0.1) is 11.8 Å². The molecule has 0 N–H and O–H groups in total. The van der Waals surface area contributed by atoms with Gasteiger partial charge in [0, 0.05) is 6.21 Å². The second kappa shape index (κ2) is 1.47. The minimum atomic E-state index is 1.13. The van der Waals surface area contributed by atoms with E-state index in [0.717, 1.165) is 5.03 Å². The van der Waals surface area contributed by atoms with Crippen LogP contribution in [-0.2, 0) is 0 Å². The molecular formula is C4H5NS. The summed E-state index contributed by atoms with van der Waals surface area (Å²) in [6.07, 6.45) is 5.80. The lowest BCUT2D eigenvalue weighted by Gasteiger charge is -1.97. The van der Waals surface area contributed by atoms with Gasteiger partial charge in [0.1, 0.15) is 0 Å². The third kappa shape index (κ3) is 0.476. The Morgan fingerprint density at radius 2 is 2.50 bits per heavy atom. The van der Waals surface area contributed by atoms with Crippen molar-refractivity contribution in [1.82, 2.24) is 0 Å². The topological polar surface area (TPSA) is 12.4 Å². The Morgan fingerprint density at radius 3 is 2.50 bits per heavy atom. The predicted molar refractivity (Wildman–Crippen MR) is 30.1 cm³/mol. The number of nitrogens with zero attached hydrogens (tertiary/aromatic N) is 1. The number of thioether (sulfide) groups is 1. The van der Waals surface area contributed by atoms with Crippen LogP contribution in [-0.4, -0.2) is 12.5 Å². The van der Waals surface area contributed by atoms with E-state index in [1.165, 1.54) is 0 Å². The zero-order valence-corrected chi connectivity index (χ0v) is 4.33. The van der Waals surface area contributed by atoms with E-state index in [0.29, 0.717) is 0 Å². The van der Waals surface area contributed by atoms with E-state index in [4.69, 9.17) is 0 Å². The van der Waals surface area contributed by atoms with Gasteiger partial charge in [-0.25, -0.2) is 4.99 Å². The second-order valence-corrected chi connectivity index (χ2v) is 1.81. The van der Waals surface area contributed by atoms with E-state index in [1.54, 1.807) is 18.0 Å². The first-order valence-electron chi connectivity index (χ1n) is 1.72. The fraction of sp³-hybridized carbons (Fsp3) is 0.250. The van der Waals surface area contributed by atoms with Crippen molar-refractivity contribution in [3.63, 3.8) is 0 Å². The zero-order valence-electron chi connectivity index (χ0n) is 3.51. The minimum Gasteiger partial charge on any atom is -0.250 e. The maximum absolute atomic E-state index is 3.89. The van der Waals surface area contributed by atoms with Gasteiger partial charge in [-0.1, -0.05) is 0 Å². The summed E-state index contributed by atoms with van der Waals surface area (Å²) in [6.45, 7) is 0. The van der Waals surface area contributed by atoms with Crippen LogP contribution >= 0.6 is 11.8 Å². The van der Waals surface area contributed by atoms with E-state index < -0.39 is 0 Å². The quantitative estimate of drug-likeness (QED) is 0.482. The Morgan fingerprint density at radius 1 is 1.83 bits per heavy atom. The Kier molecular flexibility index (Phi) is 0.965. The van der Waals surface area contributed by atoms with Crippen LogP contribution in [0.3, 0.4) is 0 Å². The van der Waals surface area contributed by atoms with Crippen molar-refractivity contribution in [1.29, 1.82) is 0 Å². The van der Waals surface area contributed by atoms with Crippen molar-refractivity contribution >= 4 is 18.0 Å². The van der Waals surface area contributed by atoms with Crippen LogP contribution < -0.4 is 0 Å². The highest BCUT2D eigenvalue weighted by molar-refractivity contribution is 8.02. The van der Waals surface area contributed by atoms with Gasteiger partial charge in [0.05, 0.1) is 5.03 Å². The van der Waals surface area contributed by atoms with E-state index in [9.17, 15) is 0 Å². The highest BCUT2D eigenvalue weighted by Gasteiger charge is 1.91. The Balaban J connectivity index is 2.37. The van der Waals surface area contributed by atoms with Crippen LogP contribution in [0.1, 0.15) is 0 Å². The van der Waals surface area contributed by atoms with Crippen LogP contribution in [0.4, 0.5) is 0 Å². The molecule has 0 amide bonds. The summed E-state index contributed by atoms with van der Waals surface area (Å²) in [6, 6.07) is 0. The van der Waals surface area contributed by atoms with Crippen LogP contribution in [0.5, 0.6) is 0 Å². The first-order valence-corrected chi connectivity index (χ1v) is 2.94. The first kappa shape index (κ1) is 3.93. The highest BCUT2D eigenvalue weighted by Crippen LogP contribution is 2.15. The summed E-state index contributed by atoms with van der Waals surface area (Å²) < 4.78 is 0. The molecule has 6 heavy (non-hydrogen) atoms. The van der Waals surface area contributed by atoms with E-state index in [-0.39, 0.29) is 0 Å². The fourth-order valence-electron chi connectivity index (χ4n) is 0.256. The van der Waals surface area contributed by atoms with Gasteiger partial charge in [-0.05, 0) is 12.3 Å². The molecule has 0 aliphatic carbocycles. The summed E-state index contributed by atoms with van der Waals surface area (Å²) in [5, 5.41) is 1.13. The lowest BCUT2D eigenvalue weighted by atomic mass is 10.6. The van der Waals surface area contributed by atoms with Gasteiger partial charge < -0.3 is 0 Å². The molecule has 1 nitrogen and oxygen atoms in total. The van der Waals surface area contributed by atoms with Crippen molar-refractivity contribution in [3.05, 3.63) is 11.1 Å². The molecule has 0 aromatic carbocycles. The van der Waals surface area contributed by atoms with Crippen molar-refractivity contribution in [2.45, 2.75) is 0 Å². The number of rotatable bonds is 1. The van der Waals surface area contributed by atoms with Crippen LogP contribution in [0.2, 0.25) is 0 Å². The smallest absolute Gasteiger partial charge is 0.0972 e. The average molecular weight is 99.2 g/mol. The summed E-state index contributed by atoms with van der Waals surface area (Å²) >= 11 is 1.67. The molecule has 0 atom stereocenters. The van der Waals surface area contributed by atoms with Gasteiger partial charge in [0.15, 0.2) is 0 Å². The van der Waals surface area contributed by atoms with E-state index >= 15 is 0 Å². The molecule has 0 radical (unpaired) electrons. The monoisotopic (exact) mass is 99.0 g/mol. The maximum atomic E-state index is 3.89. The molecule has 0 saturated carbocycles. The molecule has 0 bridgehead atoms. The Bertz CT molecular complexity index is 104. The minimum absolute atomic E-state index is 1.13.